The van der Waals surface area contributed by atoms with Crippen LogP contribution in [0.3, 0.4) is 0 Å². The third-order valence-electron chi connectivity index (χ3n) is 2.23. The van der Waals surface area contributed by atoms with Gasteiger partial charge in [-0.05, 0) is 19.1 Å². The molecular formula is C11H11N3O2. The average Bonchev–Trinajstić information content (AvgIpc) is 2.62. The first-order chi connectivity index (χ1) is 7.58. The van der Waals surface area contributed by atoms with Gasteiger partial charge in [-0.3, -0.25) is 0 Å². The number of nitrogens with zero attached hydrogens (tertiary/aromatic N) is 2. The second-order valence-corrected chi connectivity index (χ2v) is 3.51. The minimum Gasteiger partial charge on any atom is -0.476 e. The van der Waals surface area contributed by atoms with Crippen molar-refractivity contribution in [2.75, 3.05) is 5.73 Å². The maximum Gasteiger partial charge on any atom is 0.356 e. The molecule has 0 aliphatic rings. The number of nitrogen functional groups attached to an aromatic ring is 1. The summed E-state index contributed by atoms with van der Waals surface area (Å²) in [5.74, 6) is -0.779. The summed E-state index contributed by atoms with van der Waals surface area (Å²) in [6, 6.07) is 8.84. The molecule has 0 aliphatic carbocycles. The van der Waals surface area contributed by atoms with Gasteiger partial charge in [0.2, 0.25) is 0 Å². The Labute approximate surface area is 92.1 Å². The molecule has 0 saturated carbocycles. The van der Waals surface area contributed by atoms with Crippen LogP contribution in [0.5, 0.6) is 0 Å². The van der Waals surface area contributed by atoms with Crippen LogP contribution in [0, 0.1) is 6.92 Å². The molecule has 0 saturated heterocycles. The van der Waals surface area contributed by atoms with Gasteiger partial charge in [-0.15, -0.1) is 0 Å². The Balaban J connectivity index is 2.47. The molecule has 0 spiro atoms. The van der Waals surface area contributed by atoms with E-state index in [1.807, 2.05) is 31.2 Å². The lowest BCUT2D eigenvalue weighted by Crippen LogP contribution is -2.03. The van der Waals surface area contributed by atoms with Crippen molar-refractivity contribution < 1.29 is 9.90 Å². The highest BCUT2D eigenvalue weighted by molar-refractivity contribution is 5.86. The first-order valence-corrected chi connectivity index (χ1v) is 4.74. The molecule has 5 nitrogen and oxygen atoms in total. The van der Waals surface area contributed by atoms with Gasteiger partial charge in [0.15, 0.2) is 5.69 Å². The highest BCUT2D eigenvalue weighted by atomic mass is 16.4. The number of rotatable bonds is 2. The van der Waals surface area contributed by atoms with Crippen molar-refractivity contribution in [2.24, 2.45) is 0 Å². The van der Waals surface area contributed by atoms with Crippen molar-refractivity contribution in [2.45, 2.75) is 6.92 Å². The lowest BCUT2D eigenvalue weighted by atomic mass is 10.2. The number of hydrogen-bond donors (Lipinski definition) is 2. The van der Waals surface area contributed by atoms with Gasteiger partial charge in [0, 0.05) is 6.07 Å². The van der Waals surface area contributed by atoms with Gasteiger partial charge in [0.1, 0.15) is 5.82 Å². The summed E-state index contributed by atoms with van der Waals surface area (Å²) in [7, 11) is 0. The second kappa shape index (κ2) is 3.69. The lowest BCUT2D eigenvalue weighted by molar-refractivity contribution is 0.0690. The highest BCUT2D eigenvalue weighted by Gasteiger charge is 2.11. The van der Waals surface area contributed by atoms with Crippen LogP contribution in [0.2, 0.25) is 0 Å². The SMILES string of the molecule is Cc1ccc(-n2nc(C(=O)O)cc2N)cc1. The molecule has 82 valence electrons. The topological polar surface area (TPSA) is 81.1 Å². The van der Waals surface area contributed by atoms with Crippen LogP contribution < -0.4 is 5.73 Å². The van der Waals surface area contributed by atoms with E-state index in [1.54, 1.807) is 0 Å². The standard InChI is InChI=1S/C11H11N3O2/c1-7-2-4-8(5-3-7)14-10(12)6-9(13-14)11(15)16/h2-6H,12H2,1H3,(H,15,16). The van der Waals surface area contributed by atoms with E-state index in [0.717, 1.165) is 11.3 Å². The molecule has 16 heavy (non-hydrogen) atoms. The van der Waals surface area contributed by atoms with E-state index in [4.69, 9.17) is 10.8 Å². The number of hydrogen-bond acceptors (Lipinski definition) is 3. The summed E-state index contributed by atoms with van der Waals surface area (Å²) in [6.07, 6.45) is 0. The van der Waals surface area contributed by atoms with Crippen LogP contribution in [0.15, 0.2) is 30.3 Å². The Hall–Kier alpha value is -2.30. The van der Waals surface area contributed by atoms with E-state index in [-0.39, 0.29) is 5.69 Å². The summed E-state index contributed by atoms with van der Waals surface area (Å²) in [4.78, 5) is 10.7. The fourth-order valence-electron chi connectivity index (χ4n) is 1.39. The Kier molecular flexibility index (Phi) is 2.36. The van der Waals surface area contributed by atoms with Crippen molar-refractivity contribution in [1.82, 2.24) is 9.78 Å². The van der Waals surface area contributed by atoms with Gasteiger partial charge in [0.05, 0.1) is 5.69 Å². The van der Waals surface area contributed by atoms with Gasteiger partial charge in [0.25, 0.3) is 0 Å². The molecule has 2 aromatic rings. The Bertz CT molecular complexity index is 529. The van der Waals surface area contributed by atoms with E-state index in [0.29, 0.717) is 5.82 Å². The smallest absolute Gasteiger partial charge is 0.356 e. The summed E-state index contributed by atoms with van der Waals surface area (Å²) >= 11 is 0. The summed E-state index contributed by atoms with van der Waals surface area (Å²) < 4.78 is 1.41. The van der Waals surface area contributed by atoms with Crippen LogP contribution in [-0.2, 0) is 0 Å². The number of aromatic nitrogens is 2. The summed E-state index contributed by atoms with van der Waals surface area (Å²) in [6.45, 7) is 1.97. The second-order valence-electron chi connectivity index (χ2n) is 3.51. The van der Waals surface area contributed by atoms with Crippen LogP contribution in [0.1, 0.15) is 16.1 Å². The molecule has 0 fully saturated rings. The van der Waals surface area contributed by atoms with Crippen LogP contribution in [0.25, 0.3) is 5.69 Å². The number of benzene rings is 1. The van der Waals surface area contributed by atoms with E-state index in [9.17, 15) is 4.79 Å². The molecule has 0 bridgehead atoms. The van der Waals surface area contributed by atoms with Crippen molar-refractivity contribution >= 4 is 11.8 Å². The quantitative estimate of drug-likeness (QED) is 0.797. The molecule has 1 aromatic carbocycles. The zero-order valence-corrected chi connectivity index (χ0v) is 8.71. The van der Waals surface area contributed by atoms with E-state index >= 15 is 0 Å². The molecule has 1 aromatic heterocycles. The highest BCUT2D eigenvalue weighted by Crippen LogP contribution is 2.15. The molecule has 5 heteroatoms. The Morgan fingerprint density at radius 3 is 2.50 bits per heavy atom. The predicted molar refractivity (Wildman–Crippen MR) is 59.7 cm³/mol. The largest absolute Gasteiger partial charge is 0.476 e. The number of carbonyl (C=O) groups is 1. The third kappa shape index (κ3) is 1.75. The Morgan fingerprint density at radius 1 is 1.38 bits per heavy atom. The first-order valence-electron chi connectivity index (χ1n) is 4.74. The Morgan fingerprint density at radius 2 is 2.00 bits per heavy atom. The summed E-state index contributed by atoms with van der Waals surface area (Å²) in [5, 5.41) is 12.7. The number of aryl methyl sites for hydroxylation is 1. The van der Waals surface area contributed by atoms with Gasteiger partial charge >= 0.3 is 5.97 Å². The van der Waals surface area contributed by atoms with Gasteiger partial charge in [-0.2, -0.15) is 5.10 Å². The van der Waals surface area contributed by atoms with Gasteiger partial charge in [-0.25, -0.2) is 9.48 Å². The lowest BCUT2D eigenvalue weighted by Gasteiger charge is -2.03. The van der Waals surface area contributed by atoms with Crippen LogP contribution in [0.4, 0.5) is 5.82 Å². The minimum atomic E-state index is -1.09. The molecular weight excluding hydrogens is 206 g/mol. The number of carboxylic acid groups (broad SMARTS) is 1. The average molecular weight is 217 g/mol. The van der Waals surface area contributed by atoms with Crippen molar-refractivity contribution in [3.63, 3.8) is 0 Å². The monoisotopic (exact) mass is 217 g/mol. The third-order valence-corrected chi connectivity index (χ3v) is 2.23. The molecule has 0 radical (unpaired) electrons. The molecule has 3 N–H and O–H groups in total. The fraction of sp³-hybridized carbons (Fsp3) is 0.0909. The summed E-state index contributed by atoms with van der Waals surface area (Å²) in [5.41, 5.74) is 7.49. The first kappa shape index (κ1) is 10.2. The number of anilines is 1. The van der Waals surface area contributed by atoms with Crippen molar-refractivity contribution in [3.05, 3.63) is 41.6 Å². The molecule has 0 unspecified atom stereocenters. The zero-order valence-electron chi connectivity index (χ0n) is 8.71. The van der Waals surface area contributed by atoms with Gasteiger partial charge < -0.3 is 10.8 Å². The van der Waals surface area contributed by atoms with E-state index in [1.165, 1.54) is 10.7 Å². The van der Waals surface area contributed by atoms with Crippen molar-refractivity contribution in [1.29, 1.82) is 0 Å². The van der Waals surface area contributed by atoms with Gasteiger partial charge in [-0.1, -0.05) is 17.7 Å². The number of carboxylic acids is 1. The maximum absolute atomic E-state index is 10.7. The number of nitrogens with two attached hydrogens (primary N) is 1. The minimum absolute atomic E-state index is 0.0573. The molecule has 2 rings (SSSR count). The molecule has 0 amide bonds. The fourth-order valence-corrected chi connectivity index (χ4v) is 1.39. The zero-order chi connectivity index (χ0) is 11.7. The van der Waals surface area contributed by atoms with E-state index < -0.39 is 5.97 Å². The van der Waals surface area contributed by atoms with E-state index in [2.05, 4.69) is 5.10 Å². The molecule has 0 aliphatic heterocycles. The maximum atomic E-state index is 10.7. The predicted octanol–water partition coefficient (Wildman–Crippen LogP) is 1.46. The number of aromatic carboxylic acids is 1. The normalized spacial score (nSPS) is 10.3. The van der Waals surface area contributed by atoms with Crippen LogP contribution >= 0.6 is 0 Å². The molecule has 0 atom stereocenters. The van der Waals surface area contributed by atoms with Crippen molar-refractivity contribution in [3.8, 4) is 5.69 Å². The van der Waals surface area contributed by atoms with Crippen LogP contribution in [-0.4, -0.2) is 20.9 Å². The molecule has 1 heterocycles.